The van der Waals surface area contributed by atoms with E-state index in [1.165, 1.54) is 25.3 Å². The summed E-state index contributed by atoms with van der Waals surface area (Å²) < 4.78 is 15.5. The van der Waals surface area contributed by atoms with Gasteiger partial charge < -0.3 is 40.2 Å². The molecule has 13 nitrogen and oxygen atoms in total. The van der Waals surface area contributed by atoms with Crippen molar-refractivity contribution in [1.29, 1.82) is 0 Å². The average Bonchev–Trinajstić information content (AvgIpc) is 3.00. The summed E-state index contributed by atoms with van der Waals surface area (Å²) >= 11 is 0. The van der Waals surface area contributed by atoms with Crippen molar-refractivity contribution in [2.24, 2.45) is 0 Å². The molecule has 1 heterocycles. The minimum atomic E-state index is -1.11. The number of para-hydroxylation sites is 1. The molecule has 0 spiro atoms. The van der Waals surface area contributed by atoms with Crippen LogP contribution in [0.25, 0.3) is 0 Å². The molecule has 4 N–H and O–H groups in total. The zero-order valence-electron chi connectivity index (χ0n) is 25.1. The van der Waals surface area contributed by atoms with Gasteiger partial charge in [-0.2, -0.15) is 0 Å². The molecule has 0 bridgehead atoms. The molecule has 13 heteroatoms. The van der Waals surface area contributed by atoms with Gasteiger partial charge in [-0.15, -0.1) is 0 Å². The van der Waals surface area contributed by atoms with Gasteiger partial charge in [0.25, 0.3) is 0 Å². The fraction of sp³-hybridized carbons (Fsp3) is 0.323. The third-order valence-corrected chi connectivity index (χ3v) is 6.53. The number of aryl methyl sites for hydroxylation is 1. The van der Waals surface area contributed by atoms with Gasteiger partial charge in [-0.25, -0.2) is 4.79 Å². The number of benzene rings is 2. The second-order valence-corrected chi connectivity index (χ2v) is 9.76. The van der Waals surface area contributed by atoms with E-state index in [-0.39, 0.29) is 32.0 Å². The highest BCUT2D eigenvalue weighted by molar-refractivity contribution is 6.01. The first-order valence-electron chi connectivity index (χ1n) is 13.7. The fourth-order valence-corrected chi connectivity index (χ4v) is 4.12. The van der Waals surface area contributed by atoms with E-state index in [9.17, 15) is 24.3 Å². The summed E-state index contributed by atoms with van der Waals surface area (Å²) in [6, 6.07) is 14.3. The van der Waals surface area contributed by atoms with Crippen LogP contribution in [0.2, 0.25) is 0 Å². The highest BCUT2D eigenvalue weighted by Crippen LogP contribution is 2.27. The summed E-state index contributed by atoms with van der Waals surface area (Å²) in [5.41, 5.74) is 3.49. The van der Waals surface area contributed by atoms with Gasteiger partial charge in [0, 0.05) is 19.8 Å². The standard InChI is InChI=1S/C31H37N5O8/c1-20-7-5-6-8-23(20)34-31(41)35-25-11-9-21(15-27(25)43-4)16-29(38)36(2)22-10-12-24(32-18-22)26(17-30(39)40)33-28(37)19-44-14-13-42-3/h5-12,15,18,26H,13-14,16-17,19H2,1-4H3,(H,33,37)(H,39,40)(H2,34,35,41). The maximum absolute atomic E-state index is 13.1. The maximum atomic E-state index is 13.1. The van der Waals surface area contributed by atoms with Crippen LogP contribution in [0.4, 0.5) is 21.9 Å². The van der Waals surface area contributed by atoms with E-state index in [4.69, 9.17) is 14.2 Å². The number of amides is 4. The molecular formula is C31H37N5O8. The van der Waals surface area contributed by atoms with Crippen molar-refractivity contribution in [3.05, 3.63) is 77.6 Å². The van der Waals surface area contributed by atoms with Crippen LogP contribution in [0.5, 0.6) is 5.75 Å². The summed E-state index contributed by atoms with van der Waals surface area (Å²) in [6.45, 7) is 2.19. The molecule has 0 radical (unpaired) electrons. The number of aromatic nitrogens is 1. The molecule has 1 aromatic heterocycles. The van der Waals surface area contributed by atoms with Gasteiger partial charge in [0.15, 0.2) is 0 Å². The SMILES string of the molecule is COCCOCC(=O)NC(CC(=O)O)c1ccc(N(C)C(=O)Cc2ccc(NC(=O)Nc3ccccc3C)c(OC)c2)cn1. The van der Waals surface area contributed by atoms with Crippen molar-refractivity contribution < 1.29 is 38.5 Å². The lowest BCUT2D eigenvalue weighted by Gasteiger charge is -2.20. The minimum absolute atomic E-state index is 0.0328. The molecule has 0 aliphatic carbocycles. The van der Waals surface area contributed by atoms with Crippen molar-refractivity contribution in [2.75, 3.05) is 56.6 Å². The largest absolute Gasteiger partial charge is 0.495 e. The van der Waals surface area contributed by atoms with Gasteiger partial charge in [0.1, 0.15) is 12.4 Å². The number of nitrogens with zero attached hydrogens (tertiary/aromatic N) is 2. The summed E-state index contributed by atoms with van der Waals surface area (Å²) in [5, 5.41) is 17.5. The molecule has 44 heavy (non-hydrogen) atoms. The van der Waals surface area contributed by atoms with E-state index in [0.717, 1.165) is 5.56 Å². The number of rotatable bonds is 15. The first-order chi connectivity index (χ1) is 21.1. The first kappa shape index (κ1) is 33.5. The van der Waals surface area contributed by atoms with Crippen LogP contribution in [0.15, 0.2) is 60.8 Å². The molecule has 0 fully saturated rings. The topological polar surface area (TPSA) is 168 Å². The number of likely N-dealkylation sites (N-methyl/N-ethyl adjacent to an activating group) is 1. The quantitative estimate of drug-likeness (QED) is 0.189. The van der Waals surface area contributed by atoms with Crippen molar-refractivity contribution in [1.82, 2.24) is 10.3 Å². The number of anilines is 3. The van der Waals surface area contributed by atoms with E-state index in [0.29, 0.717) is 40.7 Å². The Morgan fingerprint density at radius 1 is 0.977 bits per heavy atom. The van der Waals surface area contributed by atoms with Crippen LogP contribution in [-0.2, 0) is 30.3 Å². The maximum Gasteiger partial charge on any atom is 0.323 e. The molecular weight excluding hydrogens is 570 g/mol. The predicted octanol–water partition coefficient (Wildman–Crippen LogP) is 3.54. The van der Waals surface area contributed by atoms with E-state index >= 15 is 0 Å². The number of carboxylic acid groups (broad SMARTS) is 1. The van der Waals surface area contributed by atoms with Gasteiger partial charge >= 0.3 is 12.0 Å². The third kappa shape index (κ3) is 10.1. The average molecular weight is 608 g/mol. The minimum Gasteiger partial charge on any atom is -0.495 e. The Balaban J connectivity index is 1.62. The Bertz CT molecular complexity index is 1450. The smallest absolute Gasteiger partial charge is 0.323 e. The number of nitrogens with one attached hydrogen (secondary N) is 3. The number of carbonyl (C=O) groups excluding carboxylic acids is 3. The van der Waals surface area contributed by atoms with E-state index in [1.54, 1.807) is 43.4 Å². The highest BCUT2D eigenvalue weighted by atomic mass is 16.5. The zero-order chi connectivity index (χ0) is 32.1. The van der Waals surface area contributed by atoms with Gasteiger partial charge in [-0.05, 0) is 48.4 Å². The zero-order valence-corrected chi connectivity index (χ0v) is 25.1. The predicted molar refractivity (Wildman–Crippen MR) is 164 cm³/mol. The van der Waals surface area contributed by atoms with Crippen molar-refractivity contribution in [3.63, 3.8) is 0 Å². The number of pyridine rings is 1. The van der Waals surface area contributed by atoms with Crippen LogP contribution < -0.4 is 25.6 Å². The van der Waals surface area contributed by atoms with Crippen LogP contribution in [-0.4, -0.2) is 75.0 Å². The van der Waals surface area contributed by atoms with E-state index < -0.39 is 23.9 Å². The summed E-state index contributed by atoms with van der Waals surface area (Å²) in [5.74, 6) is -1.46. The molecule has 1 unspecified atom stereocenters. The molecule has 1 atom stereocenters. The molecule has 3 rings (SSSR count). The Hall–Kier alpha value is -5.01. The Labute approximate surface area is 255 Å². The van der Waals surface area contributed by atoms with Crippen LogP contribution in [0.1, 0.15) is 29.3 Å². The normalized spacial score (nSPS) is 11.3. The lowest BCUT2D eigenvalue weighted by Crippen LogP contribution is -2.34. The summed E-state index contributed by atoms with van der Waals surface area (Å²) in [4.78, 5) is 55.0. The van der Waals surface area contributed by atoms with Gasteiger partial charge in [-0.3, -0.25) is 19.4 Å². The number of ether oxygens (including phenoxy) is 3. The van der Waals surface area contributed by atoms with Crippen LogP contribution >= 0.6 is 0 Å². The molecule has 2 aromatic carbocycles. The van der Waals surface area contributed by atoms with Gasteiger partial charge in [0.2, 0.25) is 11.8 Å². The second kappa shape index (κ2) is 16.6. The summed E-state index contributed by atoms with van der Waals surface area (Å²) in [6.07, 6.45) is 1.08. The molecule has 0 aliphatic heterocycles. The molecule has 4 amide bonds. The van der Waals surface area contributed by atoms with Crippen molar-refractivity contribution in [3.8, 4) is 5.75 Å². The number of carbonyl (C=O) groups is 4. The number of carboxylic acids is 1. The third-order valence-electron chi connectivity index (χ3n) is 6.53. The molecule has 3 aromatic rings. The lowest BCUT2D eigenvalue weighted by atomic mass is 10.1. The second-order valence-electron chi connectivity index (χ2n) is 9.76. The summed E-state index contributed by atoms with van der Waals surface area (Å²) in [7, 11) is 4.58. The van der Waals surface area contributed by atoms with Gasteiger partial charge in [0.05, 0.1) is 62.5 Å². The Morgan fingerprint density at radius 3 is 2.39 bits per heavy atom. The number of hydrogen-bond acceptors (Lipinski definition) is 8. The van der Waals surface area contributed by atoms with Crippen molar-refractivity contribution >= 4 is 40.9 Å². The fourth-order valence-electron chi connectivity index (χ4n) is 4.12. The van der Waals surface area contributed by atoms with E-state index in [2.05, 4.69) is 20.9 Å². The molecule has 0 aliphatic rings. The number of methoxy groups -OCH3 is 2. The lowest BCUT2D eigenvalue weighted by molar-refractivity contribution is -0.138. The van der Waals surface area contributed by atoms with Crippen LogP contribution in [0, 0.1) is 6.92 Å². The van der Waals surface area contributed by atoms with Crippen LogP contribution in [0.3, 0.4) is 0 Å². The van der Waals surface area contributed by atoms with Gasteiger partial charge in [-0.1, -0.05) is 24.3 Å². The molecule has 234 valence electrons. The van der Waals surface area contributed by atoms with E-state index in [1.807, 2.05) is 25.1 Å². The molecule has 0 saturated heterocycles. The number of aliphatic carboxylic acids is 1. The Kier molecular flexibility index (Phi) is 12.6. The number of hydrogen-bond donors (Lipinski definition) is 4. The van der Waals surface area contributed by atoms with Crippen molar-refractivity contribution in [2.45, 2.75) is 25.8 Å². The molecule has 0 saturated carbocycles. The monoisotopic (exact) mass is 607 g/mol. The highest BCUT2D eigenvalue weighted by Gasteiger charge is 2.21. The Morgan fingerprint density at radius 2 is 1.73 bits per heavy atom. The first-order valence-corrected chi connectivity index (χ1v) is 13.7. The number of urea groups is 1.